The largest absolute Gasteiger partial charge is 0.391 e. The summed E-state index contributed by atoms with van der Waals surface area (Å²) in [5, 5.41) is 27.1. The standard InChI is InChI=1S/C7H14O5/c1-4(9)7(12-2)6(11)5(10)3-8/h3-7,9-11H,1-2H3. The van der Waals surface area contributed by atoms with E-state index in [4.69, 9.17) is 10.2 Å². The minimum atomic E-state index is -1.52. The van der Waals surface area contributed by atoms with Gasteiger partial charge in [-0.25, -0.2) is 0 Å². The Labute approximate surface area is 70.6 Å². The molecule has 0 fully saturated rings. The summed E-state index contributed by atoms with van der Waals surface area (Å²) in [5.41, 5.74) is 0. The van der Waals surface area contributed by atoms with E-state index in [2.05, 4.69) is 4.74 Å². The fourth-order valence-electron chi connectivity index (χ4n) is 0.897. The van der Waals surface area contributed by atoms with Gasteiger partial charge in [-0.2, -0.15) is 0 Å². The van der Waals surface area contributed by atoms with E-state index in [-0.39, 0.29) is 6.29 Å². The Morgan fingerprint density at radius 3 is 2.08 bits per heavy atom. The van der Waals surface area contributed by atoms with Gasteiger partial charge in [0.25, 0.3) is 0 Å². The monoisotopic (exact) mass is 178 g/mol. The lowest BCUT2D eigenvalue weighted by Gasteiger charge is -2.24. The fourth-order valence-corrected chi connectivity index (χ4v) is 0.897. The Balaban J connectivity index is 4.19. The lowest BCUT2D eigenvalue weighted by Crippen LogP contribution is -2.45. The van der Waals surface area contributed by atoms with E-state index < -0.39 is 24.4 Å². The topological polar surface area (TPSA) is 87.0 Å². The van der Waals surface area contributed by atoms with Gasteiger partial charge in [0.15, 0.2) is 6.29 Å². The van der Waals surface area contributed by atoms with Crippen LogP contribution in [-0.4, -0.2) is 53.1 Å². The second kappa shape index (κ2) is 5.21. The molecule has 0 saturated heterocycles. The molecule has 12 heavy (non-hydrogen) atoms. The highest BCUT2D eigenvalue weighted by Gasteiger charge is 2.29. The number of rotatable bonds is 5. The predicted molar refractivity (Wildman–Crippen MR) is 40.6 cm³/mol. The number of hydrogen-bond acceptors (Lipinski definition) is 5. The highest BCUT2D eigenvalue weighted by molar-refractivity contribution is 5.56. The summed E-state index contributed by atoms with van der Waals surface area (Å²) in [7, 11) is 1.28. The number of hydrogen-bond donors (Lipinski definition) is 3. The summed E-state index contributed by atoms with van der Waals surface area (Å²) >= 11 is 0. The molecule has 0 radical (unpaired) electrons. The molecule has 0 rings (SSSR count). The molecule has 0 aliphatic carbocycles. The molecule has 0 bridgehead atoms. The van der Waals surface area contributed by atoms with Crippen LogP contribution in [0.2, 0.25) is 0 Å². The van der Waals surface area contributed by atoms with Crippen LogP contribution in [-0.2, 0) is 9.53 Å². The molecule has 0 aromatic heterocycles. The molecule has 4 unspecified atom stereocenters. The molecule has 0 heterocycles. The van der Waals surface area contributed by atoms with Crippen LogP contribution < -0.4 is 0 Å². The second-order valence-corrected chi connectivity index (χ2v) is 2.56. The Morgan fingerprint density at radius 1 is 1.33 bits per heavy atom. The normalized spacial score (nSPS) is 21.1. The van der Waals surface area contributed by atoms with Gasteiger partial charge in [-0.05, 0) is 6.92 Å². The maximum atomic E-state index is 10.0. The zero-order valence-electron chi connectivity index (χ0n) is 7.04. The third kappa shape index (κ3) is 2.86. The van der Waals surface area contributed by atoms with Crippen LogP contribution in [0.5, 0.6) is 0 Å². The third-order valence-corrected chi connectivity index (χ3v) is 1.57. The Hall–Kier alpha value is -0.490. The summed E-state index contributed by atoms with van der Waals surface area (Å²) in [4.78, 5) is 10.0. The summed E-state index contributed by atoms with van der Waals surface area (Å²) in [6, 6.07) is 0. The number of aldehydes is 1. The van der Waals surface area contributed by atoms with Crippen molar-refractivity contribution < 1.29 is 24.9 Å². The first-order valence-corrected chi connectivity index (χ1v) is 3.56. The van der Waals surface area contributed by atoms with Crippen molar-refractivity contribution in [1.29, 1.82) is 0 Å². The molecule has 0 aliphatic heterocycles. The van der Waals surface area contributed by atoms with Crippen LogP contribution in [0.4, 0.5) is 0 Å². The first-order chi connectivity index (χ1) is 5.54. The molecule has 5 heteroatoms. The molecule has 0 spiro atoms. The molecule has 0 aromatic carbocycles. The number of carbonyl (C=O) groups is 1. The van der Waals surface area contributed by atoms with Gasteiger partial charge in [0.1, 0.15) is 18.3 Å². The van der Waals surface area contributed by atoms with Gasteiger partial charge in [-0.3, -0.25) is 0 Å². The minimum absolute atomic E-state index is 0.194. The van der Waals surface area contributed by atoms with Crippen molar-refractivity contribution in [3.63, 3.8) is 0 Å². The lowest BCUT2D eigenvalue weighted by molar-refractivity contribution is -0.137. The molecule has 0 aliphatic rings. The molecule has 5 nitrogen and oxygen atoms in total. The van der Waals surface area contributed by atoms with E-state index in [1.54, 1.807) is 0 Å². The van der Waals surface area contributed by atoms with E-state index >= 15 is 0 Å². The van der Waals surface area contributed by atoms with Crippen molar-refractivity contribution in [2.24, 2.45) is 0 Å². The number of ether oxygens (including phenoxy) is 1. The van der Waals surface area contributed by atoms with Crippen LogP contribution in [0.25, 0.3) is 0 Å². The Bertz CT molecular complexity index is 136. The summed E-state index contributed by atoms with van der Waals surface area (Å²) in [6.07, 6.45) is -4.62. The highest BCUT2D eigenvalue weighted by Crippen LogP contribution is 2.06. The Morgan fingerprint density at radius 2 is 1.83 bits per heavy atom. The number of aliphatic hydroxyl groups excluding tert-OH is 3. The smallest absolute Gasteiger partial charge is 0.151 e. The van der Waals surface area contributed by atoms with Crippen LogP contribution in [0, 0.1) is 0 Å². The van der Waals surface area contributed by atoms with Gasteiger partial charge >= 0.3 is 0 Å². The summed E-state index contributed by atoms with van der Waals surface area (Å²) in [5.74, 6) is 0. The quantitative estimate of drug-likeness (QED) is 0.437. The average Bonchev–Trinajstić information content (AvgIpc) is 2.03. The molecule has 0 amide bonds. The maximum Gasteiger partial charge on any atom is 0.151 e. The molecular formula is C7H14O5. The molecule has 4 atom stereocenters. The van der Waals surface area contributed by atoms with Gasteiger partial charge in [-0.1, -0.05) is 0 Å². The number of aliphatic hydroxyl groups is 3. The molecule has 0 aromatic rings. The van der Waals surface area contributed by atoms with E-state index in [0.29, 0.717) is 0 Å². The van der Waals surface area contributed by atoms with Gasteiger partial charge in [-0.15, -0.1) is 0 Å². The van der Waals surface area contributed by atoms with Crippen LogP contribution >= 0.6 is 0 Å². The lowest BCUT2D eigenvalue weighted by atomic mass is 10.1. The third-order valence-electron chi connectivity index (χ3n) is 1.57. The SMILES string of the molecule is COC(C(C)O)C(O)C(O)C=O. The van der Waals surface area contributed by atoms with Crippen molar-refractivity contribution in [1.82, 2.24) is 0 Å². The number of carbonyl (C=O) groups excluding carboxylic acids is 1. The van der Waals surface area contributed by atoms with E-state index in [9.17, 15) is 9.90 Å². The summed E-state index contributed by atoms with van der Waals surface area (Å²) in [6.45, 7) is 1.40. The van der Waals surface area contributed by atoms with Gasteiger partial charge in [0.2, 0.25) is 0 Å². The van der Waals surface area contributed by atoms with Crippen molar-refractivity contribution >= 4 is 6.29 Å². The molecule has 3 N–H and O–H groups in total. The summed E-state index contributed by atoms with van der Waals surface area (Å²) < 4.78 is 4.68. The van der Waals surface area contributed by atoms with Gasteiger partial charge in [0, 0.05) is 7.11 Å². The van der Waals surface area contributed by atoms with E-state index in [1.807, 2.05) is 0 Å². The van der Waals surface area contributed by atoms with Gasteiger partial charge < -0.3 is 24.9 Å². The highest BCUT2D eigenvalue weighted by atomic mass is 16.5. The second-order valence-electron chi connectivity index (χ2n) is 2.56. The average molecular weight is 178 g/mol. The van der Waals surface area contributed by atoms with Crippen LogP contribution in [0.15, 0.2) is 0 Å². The first-order valence-electron chi connectivity index (χ1n) is 3.56. The minimum Gasteiger partial charge on any atom is -0.391 e. The van der Waals surface area contributed by atoms with Crippen molar-refractivity contribution in [3.8, 4) is 0 Å². The fraction of sp³-hybridized carbons (Fsp3) is 0.857. The maximum absolute atomic E-state index is 10.0. The van der Waals surface area contributed by atoms with Crippen LogP contribution in [0.1, 0.15) is 6.92 Å². The van der Waals surface area contributed by atoms with E-state index in [0.717, 1.165) is 0 Å². The predicted octanol–water partition coefficient (Wildman–Crippen LogP) is -1.70. The van der Waals surface area contributed by atoms with E-state index in [1.165, 1.54) is 14.0 Å². The van der Waals surface area contributed by atoms with Crippen LogP contribution in [0.3, 0.4) is 0 Å². The zero-order chi connectivity index (χ0) is 9.72. The Kier molecular flexibility index (Phi) is 5.00. The molecular weight excluding hydrogens is 164 g/mol. The van der Waals surface area contributed by atoms with Crippen molar-refractivity contribution in [2.75, 3.05) is 7.11 Å². The molecule has 0 saturated carbocycles. The van der Waals surface area contributed by atoms with Crippen molar-refractivity contribution in [2.45, 2.75) is 31.3 Å². The number of methoxy groups -OCH3 is 1. The first kappa shape index (κ1) is 11.5. The van der Waals surface area contributed by atoms with Crippen molar-refractivity contribution in [3.05, 3.63) is 0 Å². The molecule has 72 valence electrons. The zero-order valence-corrected chi connectivity index (χ0v) is 7.04. The van der Waals surface area contributed by atoms with Gasteiger partial charge in [0.05, 0.1) is 6.10 Å².